The SMILES string of the molecule is COc1ccc(-n2nc(-c3ccccc3)cc2C(=O)N2CCc3ccccc3C2)cc1. The molecule has 1 aliphatic heterocycles. The average molecular weight is 409 g/mol. The summed E-state index contributed by atoms with van der Waals surface area (Å²) in [5, 5.41) is 4.79. The number of hydrogen-bond donors (Lipinski definition) is 0. The predicted octanol–water partition coefficient (Wildman–Crippen LogP) is 4.75. The van der Waals surface area contributed by atoms with Gasteiger partial charge in [0, 0.05) is 18.7 Å². The molecule has 3 aromatic carbocycles. The monoisotopic (exact) mass is 409 g/mol. The summed E-state index contributed by atoms with van der Waals surface area (Å²) in [5.74, 6) is 0.750. The highest BCUT2D eigenvalue weighted by Gasteiger charge is 2.26. The second kappa shape index (κ2) is 8.11. The van der Waals surface area contributed by atoms with Crippen molar-refractivity contribution in [2.45, 2.75) is 13.0 Å². The Morgan fingerprint density at radius 3 is 2.35 bits per heavy atom. The van der Waals surface area contributed by atoms with Crippen molar-refractivity contribution in [1.29, 1.82) is 0 Å². The van der Waals surface area contributed by atoms with Crippen LogP contribution >= 0.6 is 0 Å². The number of amides is 1. The standard InChI is InChI=1S/C26H23N3O2/c1-31-23-13-11-22(12-14-23)29-25(17-24(27-29)20-8-3-2-4-9-20)26(30)28-16-15-19-7-5-6-10-21(19)18-28/h2-14,17H,15-16,18H2,1H3. The van der Waals surface area contributed by atoms with Crippen LogP contribution in [0.2, 0.25) is 0 Å². The Kier molecular flexibility index (Phi) is 5.00. The van der Waals surface area contributed by atoms with E-state index in [9.17, 15) is 4.79 Å². The Hall–Kier alpha value is -3.86. The van der Waals surface area contributed by atoms with Crippen LogP contribution in [-0.2, 0) is 13.0 Å². The van der Waals surface area contributed by atoms with Gasteiger partial charge in [0.15, 0.2) is 0 Å². The molecule has 0 aliphatic carbocycles. The van der Waals surface area contributed by atoms with Crippen molar-refractivity contribution >= 4 is 5.91 Å². The first-order chi connectivity index (χ1) is 15.2. The van der Waals surface area contributed by atoms with E-state index in [1.54, 1.807) is 11.8 Å². The first-order valence-corrected chi connectivity index (χ1v) is 10.4. The third-order valence-corrected chi connectivity index (χ3v) is 5.73. The number of rotatable bonds is 4. The molecule has 2 heterocycles. The van der Waals surface area contributed by atoms with Gasteiger partial charge in [0.05, 0.1) is 18.5 Å². The zero-order valence-electron chi connectivity index (χ0n) is 17.4. The number of fused-ring (bicyclic) bond motifs is 1. The number of hydrogen-bond acceptors (Lipinski definition) is 3. The van der Waals surface area contributed by atoms with Gasteiger partial charge in [0.2, 0.25) is 0 Å². The third kappa shape index (κ3) is 3.70. The van der Waals surface area contributed by atoms with E-state index in [0.717, 1.165) is 29.1 Å². The molecule has 0 atom stereocenters. The smallest absolute Gasteiger partial charge is 0.272 e. The average Bonchev–Trinajstić information content (AvgIpc) is 3.29. The Morgan fingerprint density at radius 2 is 1.61 bits per heavy atom. The molecule has 0 saturated heterocycles. The lowest BCUT2D eigenvalue weighted by atomic mass is 9.99. The number of benzene rings is 3. The highest BCUT2D eigenvalue weighted by molar-refractivity contribution is 5.94. The summed E-state index contributed by atoms with van der Waals surface area (Å²) in [4.78, 5) is 15.5. The van der Waals surface area contributed by atoms with Gasteiger partial charge in [-0.25, -0.2) is 4.68 Å². The molecule has 0 saturated carbocycles. The maximum Gasteiger partial charge on any atom is 0.272 e. The summed E-state index contributed by atoms with van der Waals surface area (Å²) in [6, 6.07) is 27.8. The Bertz CT molecular complexity index is 1210. The molecule has 0 radical (unpaired) electrons. The molecule has 0 N–H and O–H groups in total. The van der Waals surface area contributed by atoms with E-state index in [0.29, 0.717) is 18.8 Å². The molecular formula is C26H23N3O2. The molecule has 1 aliphatic rings. The fourth-order valence-corrected chi connectivity index (χ4v) is 4.03. The molecule has 154 valence electrons. The first-order valence-electron chi connectivity index (χ1n) is 10.4. The van der Waals surface area contributed by atoms with E-state index in [-0.39, 0.29) is 5.91 Å². The van der Waals surface area contributed by atoms with Crippen LogP contribution in [-0.4, -0.2) is 34.2 Å². The minimum atomic E-state index is -0.0139. The van der Waals surface area contributed by atoms with Crippen LogP contribution in [0.5, 0.6) is 5.75 Å². The number of carbonyl (C=O) groups excluding carboxylic acids is 1. The van der Waals surface area contributed by atoms with E-state index in [4.69, 9.17) is 9.84 Å². The van der Waals surface area contributed by atoms with Crippen LogP contribution in [0.1, 0.15) is 21.6 Å². The normalized spacial score (nSPS) is 13.0. The van der Waals surface area contributed by atoms with Gasteiger partial charge in [0.25, 0.3) is 5.91 Å². The predicted molar refractivity (Wildman–Crippen MR) is 120 cm³/mol. The molecule has 0 unspecified atom stereocenters. The topological polar surface area (TPSA) is 47.4 Å². The third-order valence-electron chi connectivity index (χ3n) is 5.73. The van der Waals surface area contributed by atoms with Crippen LogP contribution in [0.15, 0.2) is 84.9 Å². The van der Waals surface area contributed by atoms with Crippen molar-refractivity contribution in [3.8, 4) is 22.7 Å². The van der Waals surface area contributed by atoms with Gasteiger partial charge in [-0.15, -0.1) is 0 Å². The largest absolute Gasteiger partial charge is 0.497 e. The van der Waals surface area contributed by atoms with Crippen LogP contribution in [0.25, 0.3) is 16.9 Å². The van der Waals surface area contributed by atoms with Crippen LogP contribution < -0.4 is 4.74 Å². The van der Waals surface area contributed by atoms with Crippen molar-refractivity contribution in [1.82, 2.24) is 14.7 Å². The second-order valence-electron chi connectivity index (χ2n) is 7.64. The number of aromatic nitrogens is 2. The van der Waals surface area contributed by atoms with Crippen molar-refractivity contribution in [3.63, 3.8) is 0 Å². The molecule has 5 rings (SSSR count). The highest BCUT2D eigenvalue weighted by atomic mass is 16.5. The zero-order chi connectivity index (χ0) is 21.2. The summed E-state index contributed by atoms with van der Waals surface area (Å²) < 4.78 is 7.02. The maximum absolute atomic E-state index is 13.6. The van der Waals surface area contributed by atoms with Gasteiger partial charge in [-0.05, 0) is 47.9 Å². The zero-order valence-corrected chi connectivity index (χ0v) is 17.4. The van der Waals surface area contributed by atoms with E-state index in [1.807, 2.05) is 71.6 Å². The summed E-state index contributed by atoms with van der Waals surface area (Å²) in [6.45, 7) is 1.31. The summed E-state index contributed by atoms with van der Waals surface area (Å²) in [6.07, 6.45) is 0.865. The fraction of sp³-hybridized carbons (Fsp3) is 0.154. The van der Waals surface area contributed by atoms with E-state index in [1.165, 1.54) is 11.1 Å². The van der Waals surface area contributed by atoms with Gasteiger partial charge >= 0.3 is 0 Å². The van der Waals surface area contributed by atoms with Crippen molar-refractivity contribution in [2.24, 2.45) is 0 Å². The van der Waals surface area contributed by atoms with Gasteiger partial charge in [-0.2, -0.15) is 5.10 Å². The molecule has 4 aromatic rings. The van der Waals surface area contributed by atoms with Crippen LogP contribution in [0, 0.1) is 0 Å². The quantitative estimate of drug-likeness (QED) is 0.489. The minimum Gasteiger partial charge on any atom is -0.497 e. The molecular weight excluding hydrogens is 386 g/mol. The van der Waals surface area contributed by atoms with Crippen LogP contribution in [0.3, 0.4) is 0 Å². The summed E-state index contributed by atoms with van der Waals surface area (Å²) in [5.41, 5.74) is 5.67. The Balaban J connectivity index is 1.54. The summed E-state index contributed by atoms with van der Waals surface area (Å²) >= 11 is 0. The number of carbonyl (C=O) groups is 1. The van der Waals surface area contributed by atoms with Gasteiger partial charge in [0.1, 0.15) is 11.4 Å². The number of nitrogens with zero attached hydrogens (tertiary/aromatic N) is 3. The highest BCUT2D eigenvalue weighted by Crippen LogP contribution is 2.26. The first kappa shape index (κ1) is 19.1. The molecule has 31 heavy (non-hydrogen) atoms. The number of ether oxygens (including phenoxy) is 1. The van der Waals surface area contributed by atoms with Crippen LogP contribution in [0.4, 0.5) is 0 Å². The van der Waals surface area contributed by atoms with Gasteiger partial charge in [-0.3, -0.25) is 4.79 Å². The molecule has 5 heteroatoms. The number of methoxy groups -OCH3 is 1. The molecule has 0 spiro atoms. The molecule has 1 amide bonds. The van der Waals surface area contributed by atoms with Crippen molar-refractivity contribution < 1.29 is 9.53 Å². The lowest BCUT2D eigenvalue weighted by molar-refractivity contribution is 0.0725. The molecule has 1 aromatic heterocycles. The second-order valence-corrected chi connectivity index (χ2v) is 7.64. The van der Waals surface area contributed by atoms with Gasteiger partial charge in [-0.1, -0.05) is 54.6 Å². The van der Waals surface area contributed by atoms with E-state index in [2.05, 4.69) is 18.2 Å². The summed E-state index contributed by atoms with van der Waals surface area (Å²) in [7, 11) is 1.64. The molecule has 0 fully saturated rings. The van der Waals surface area contributed by atoms with Gasteiger partial charge < -0.3 is 9.64 Å². The lowest BCUT2D eigenvalue weighted by Gasteiger charge is -2.29. The van der Waals surface area contributed by atoms with Crippen molar-refractivity contribution in [3.05, 3.63) is 102 Å². The molecule has 0 bridgehead atoms. The fourth-order valence-electron chi connectivity index (χ4n) is 4.03. The lowest BCUT2D eigenvalue weighted by Crippen LogP contribution is -2.37. The van der Waals surface area contributed by atoms with E-state index >= 15 is 0 Å². The Labute approximate surface area is 181 Å². The van der Waals surface area contributed by atoms with Crippen molar-refractivity contribution in [2.75, 3.05) is 13.7 Å². The minimum absolute atomic E-state index is 0.0139. The Morgan fingerprint density at radius 1 is 0.903 bits per heavy atom. The molecule has 5 nitrogen and oxygen atoms in total. The maximum atomic E-state index is 13.6. The van der Waals surface area contributed by atoms with E-state index < -0.39 is 0 Å².